The lowest BCUT2D eigenvalue weighted by Crippen LogP contribution is -2.13. The summed E-state index contributed by atoms with van der Waals surface area (Å²) in [6.07, 6.45) is 0. The average molecular weight is 383 g/mol. The molecular formula is C17H21NO7S. The second-order valence-electron chi connectivity index (χ2n) is 5.04. The Kier molecular flexibility index (Phi) is 6.04. The molecule has 2 aromatic rings. The Morgan fingerprint density at radius 1 is 0.692 bits per heavy atom. The normalized spacial score (nSPS) is 10.8. The molecule has 0 radical (unpaired) electrons. The Morgan fingerprint density at radius 2 is 1.23 bits per heavy atom. The summed E-state index contributed by atoms with van der Waals surface area (Å²) in [5.74, 6) is 1.76. The maximum absolute atomic E-state index is 12.7. The summed E-state index contributed by atoms with van der Waals surface area (Å²) in [5, 5.41) is 0. The Bertz CT molecular complexity index is 856. The van der Waals surface area contributed by atoms with Crippen molar-refractivity contribution in [2.24, 2.45) is 0 Å². The second-order valence-corrected chi connectivity index (χ2v) is 6.72. The number of anilines is 1. The zero-order valence-corrected chi connectivity index (χ0v) is 16.0. The number of hydrogen-bond donors (Lipinski definition) is 1. The lowest BCUT2D eigenvalue weighted by atomic mass is 10.2. The van der Waals surface area contributed by atoms with Gasteiger partial charge in [-0.15, -0.1) is 0 Å². The molecule has 2 aromatic carbocycles. The van der Waals surface area contributed by atoms with Gasteiger partial charge in [0.2, 0.25) is 5.75 Å². The fraction of sp³-hybridized carbons (Fsp3) is 0.294. The first-order chi connectivity index (χ1) is 12.4. The van der Waals surface area contributed by atoms with Crippen LogP contribution in [-0.4, -0.2) is 44.0 Å². The van der Waals surface area contributed by atoms with Crippen molar-refractivity contribution in [3.63, 3.8) is 0 Å². The first-order valence-electron chi connectivity index (χ1n) is 7.45. The zero-order valence-electron chi connectivity index (χ0n) is 15.2. The molecule has 0 saturated heterocycles. The highest BCUT2D eigenvalue weighted by Crippen LogP contribution is 2.40. The first kappa shape index (κ1) is 19.5. The molecule has 26 heavy (non-hydrogen) atoms. The van der Waals surface area contributed by atoms with Crippen LogP contribution < -0.4 is 28.4 Å². The molecule has 0 unspecified atom stereocenters. The molecule has 0 aromatic heterocycles. The third-order valence-corrected chi connectivity index (χ3v) is 4.96. The molecule has 0 amide bonds. The van der Waals surface area contributed by atoms with E-state index in [9.17, 15) is 8.42 Å². The highest BCUT2D eigenvalue weighted by atomic mass is 32.2. The van der Waals surface area contributed by atoms with Crippen molar-refractivity contribution < 1.29 is 32.1 Å². The van der Waals surface area contributed by atoms with Gasteiger partial charge in [0.25, 0.3) is 10.0 Å². The summed E-state index contributed by atoms with van der Waals surface area (Å²) in [5.41, 5.74) is 0.259. The summed E-state index contributed by atoms with van der Waals surface area (Å²) < 4.78 is 53.8. The Labute approximate surface area is 152 Å². The number of sulfonamides is 1. The van der Waals surface area contributed by atoms with Gasteiger partial charge in [-0.3, -0.25) is 4.72 Å². The van der Waals surface area contributed by atoms with Gasteiger partial charge in [-0.05, 0) is 12.1 Å². The molecule has 0 aliphatic carbocycles. The van der Waals surface area contributed by atoms with Crippen molar-refractivity contribution in [1.82, 2.24) is 0 Å². The smallest absolute Gasteiger partial charge is 0.262 e. The van der Waals surface area contributed by atoms with Crippen LogP contribution in [0.2, 0.25) is 0 Å². The van der Waals surface area contributed by atoms with E-state index < -0.39 is 10.0 Å². The quantitative estimate of drug-likeness (QED) is 0.749. The molecule has 0 bridgehead atoms. The second kappa shape index (κ2) is 8.05. The average Bonchev–Trinajstić information content (AvgIpc) is 2.65. The fourth-order valence-corrected chi connectivity index (χ4v) is 3.39. The Balaban J connectivity index is 2.43. The van der Waals surface area contributed by atoms with E-state index in [0.717, 1.165) is 0 Å². The molecular weight excluding hydrogens is 362 g/mol. The maximum Gasteiger partial charge on any atom is 0.262 e. The van der Waals surface area contributed by atoms with Crippen LogP contribution >= 0.6 is 0 Å². The molecule has 0 saturated carbocycles. The van der Waals surface area contributed by atoms with E-state index >= 15 is 0 Å². The van der Waals surface area contributed by atoms with Crippen molar-refractivity contribution >= 4 is 15.7 Å². The van der Waals surface area contributed by atoms with Gasteiger partial charge >= 0.3 is 0 Å². The van der Waals surface area contributed by atoms with Gasteiger partial charge in [0.1, 0.15) is 0 Å². The van der Waals surface area contributed by atoms with Crippen molar-refractivity contribution in [2.45, 2.75) is 4.90 Å². The first-order valence-corrected chi connectivity index (χ1v) is 8.93. The fourth-order valence-electron chi connectivity index (χ4n) is 2.34. The van der Waals surface area contributed by atoms with E-state index in [1.54, 1.807) is 0 Å². The SMILES string of the molecule is COc1ccc(S(=O)(=O)Nc2cc(OC)c(OC)c(OC)c2)cc1OC. The van der Waals surface area contributed by atoms with Gasteiger partial charge in [-0.1, -0.05) is 0 Å². The van der Waals surface area contributed by atoms with Gasteiger partial charge < -0.3 is 23.7 Å². The van der Waals surface area contributed by atoms with E-state index in [-0.39, 0.29) is 10.6 Å². The van der Waals surface area contributed by atoms with Gasteiger partial charge in [-0.25, -0.2) is 8.42 Å². The van der Waals surface area contributed by atoms with Crippen molar-refractivity contribution in [3.05, 3.63) is 30.3 Å². The number of hydrogen-bond acceptors (Lipinski definition) is 7. The van der Waals surface area contributed by atoms with Crippen molar-refractivity contribution in [1.29, 1.82) is 0 Å². The number of methoxy groups -OCH3 is 5. The molecule has 0 fully saturated rings. The molecule has 1 N–H and O–H groups in total. The van der Waals surface area contributed by atoms with Crippen molar-refractivity contribution in [2.75, 3.05) is 40.3 Å². The molecule has 142 valence electrons. The third kappa shape index (κ3) is 3.88. The summed E-state index contributed by atoms with van der Waals surface area (Å²) in [7, 11) is 3.39. The van der Waals surface area contributed by atoms with Crippen molar-refractivity contribution in [3.8, 4) is 28.7 Å². The zero-order chi connectivity index (χ0) is 19.3. The highest BCUT2D eigenvalue weighted by Gasteiger charge is 2.20. The van der Waals surface area contributed by atoms with E-state index in [4.69, 9.17) is 23.7 Å². The molecule has 8 nitrogen and oxygen atoms in total. The monoisotopic (exact) mass is 383 g/mol. The van der Waals surface area contributed by atoms with Gasteiger partial charge in [-0.2, -0.15) is 0 Å². The Morgan fingerprint density at radius 3 is 1.69 bits per heavy atom. The molecule has 0 spiro atoms. The van der Waals surface area contributed by atoms with Crippen LogP contribution in [0.3, 0.4) is 0 Å². The van der Waals surface area contributed by atoms with Crippen LogP contribution in [0, 0.1) is 0 Å². The number of nitrogens with one attached hydrogen (secondary N) is 1. The Hall–Kier alpha value is -2.81. The molecule has 0 atom stereocenters. The minimum atomic E-state index is -3.88. The van der Waals surface area contributed by atoms with Crippen LogP contribution in [0.1, 0.15) is 0 Å². The van der Waals surface area contributed by atoms with Gasteiger partial charge in [0, 0.05) is 18.2 Å². The highest BCUT2D eigenvalue weighted by molar-refractivity contribution is 7.92. The number of ether oxygens (including phenoxy) is 5. The van der Waals surface area contributed by atoms with Gasteiger partial charge in [0.05, 0.1) is 46.1 Å². The topological polar surface area (TPSA) is 92.3 Å². The lowest BCUT2D eigenvalue weighted by molar-refractivity contribution is 0.324. The number of rotatable bonds is 8. The molecule has 0 aliphatic rings. The van der Waals surface area contributed by atoms with Crippen LogP contribution in [-0.2, 0) is 10.0 Å². The maximum atomic E-state index is 12.7. The van der Waals surface area contributed by atoms with Crippen LogP contribution in [0.15, 0.2) is 35.2 Å². The molecule has 9 heteroatoms. The predicted molar refractivity (Wildman–Crippen MR) is 96.5 cm³/mol. The number of benzene rings is 2. The van der Waals surface area contributed by atoms with E-state index in [0.29, 0.717) is 28.7 Å². The third-order valence-electron chi connectivity index (χ3n) is 3.58. The lowest BCUT2D eigenvalue weighted by Gasteiger charge is -2.16. The van der Waals surface area contributed by atoms with E-state index in [2.05, 4.69) is 4.72 Å². The summed E-state index contributed by atoms with van der Waals surface area (Å²) >= 11 is 0. The standard InChI is InChI=1S/C17H21NO7S/c1-21-13-7-6-12(10-14(13)22-2)26(19,20)18-11-8-15(23-3)17(25-5)16(9-11)24-4/h6-10,18H,1-5H3. The molecule has 0 heterocycles. The summed E-state index contributed by atoms with van der Waals surface area (Å²) in [4.78, 5) is 0.0175. The van der Waals surface area contributed by atoms with Gasteiger partial charge in [0.15, 0.2) is 23.0 Å². The van der Waals surface area contributed by atoms with Crippen LogP contribution in [0.25, 0.3) is 0 Å². The van der Waals surface area contributed by atoms with E-state index in [1.807, 2.05) is 0 Å². The largest absolute Gasteiger partial charge is 0.493 e. The minimum Gasteiger partial charge on any atom is -0.493 e. The summed E-state index contributed by atoms with van der Waals surface area (Å²) in [6, 6.07) is 7.31. The molecule has 0 aliphatic heterocycles. The van der Waals surface area contributed by atoms with Crippen LogP contribution in [0.5, 0.6) is 28.7 Å². The van der Waals surface area contributed by atoms with E-state index in [1.165, 1.54) is 65.9 Å². The minimum absolute atomic E-state index is 0.0175. The van der Waals surface area contributed by atoms with Crippen LogP contribution in [0.4, 0.5) is 5.69 Å². The predicted octanol–water partition coefficient (Wildman–Crippen LogP) is 2.53. The molecule has 2 rings (SSSR count). The summed E-state index contributed by atoms with van der Waals surface area (Å²) in [6.45, 7) is 0.